The lowest BCUT2D eigenvalue weighted by Crippen LogP contribution is -2.45. The zero-order valence-electron chi connectivity index (χ0n) is 13.8. The minimum atomic E-state index is -0.123. The number of benzene rings is 1. The molecule has 0 saturated carbocycles. The number of hydrogen-bond donors (Lipinski definition) is 1. The Kier molecular flexibility index (Phi) is 5.06. The number of rotatable bonds is 4. The van der Waals surface area contributed by atoms with Crippen LogP contribution in [0.1, 0.15) is 31.4 Å². The minimum absolute atomic E-state index is 0.0631. The van der Waals surface area contributed by atoms with Gasteiger partial charge in [0.1, 0.15) is 0 Å². The third-order valence-electron chi connectivity index (χ3n) is 4.31. The molecule has 1 aliphatic heterocycles. The van der Waals surface area contributed by atoms with Gasteiger partial charge in [0, 0.05) is 31.7 Å². The molecule has 0 spiro atoms. The standard InChI is InChI=1S/C17H25N3O2/c1-5-19(6-2)17(22)18-14-10-16(21)20(11-14)15-8-7-12(3)13(4)9-15/h7-9,14H,5-6,10-11H2,1-4H3,(H,18,22)/t14-/m0/s1. The van der Waals surface area contributed by atoms with Gasteiger partial charge in [-0.2, -0.15) is 0 Å². The Morgan fingerprint density at radius 2 is 1.95 bits per heavy atom. The van der Waals surface area contributed by atoms with E-state index in [2.05, 4.69) is 12.2 Å². The van der Waals surface area contributed by atoms with Crippen molar-refractivity contribution in [2.45, 2.75) is 40.2 Å². The average molecular weight is 303 g/mol. The summed E-state index contributed by atoms with van der Waals surface area (Å²) in [5.41, 5.74) is 3.29. The molecule has 2 rings (SSSR count). The molecular weight excluding hydrogens is 278 g/mol. The minimum Gasteiger partial charge on any atom is -0.333 e. The lowest BCUT2D eigenvalue weighted by Gasteiger charge is -2.22. The van der Waals surface area contributed by atoms with Crippen LogP contribution >= 0.6 is 0 Å². The number of carbonyl (C=O) groups is 2. The van der Waals surface area contributed by atoms with E-state index in [1.807, 2.05) is 39.0 Å². The van der Waals surface area contributed by atoms with E-state index in [4.69, 9.17) is 0 Å². The lowest BCUT2D eigenvalue weighted by molar-refractivity contribution is -0.117. The second-order valence-electron chi connectivity index (χ2n) is 5.80. The second kappa shape index (κ2) is 6.81. The van der Waals surface area contributed by atoms with Crippen molar-refractivity contribution in [2.24, 2.45) is 0 Å². The van der Waals surface area contributed by atoms with Crippen LogP contribution in [-0.4, -0.2) is 42.5 Å². The van der Waals surface area contributed by atoms with Crippen LogP contribution in [-0.2, 0) is 4.79 Å². The number of nitrogens with one attached hydrogen (secondary N) is 1. The Bertz CT molecular complexity index is 567. The molecule has 22 heavy (non-hydrogen) atoms. The monoisotopic (exact) mass is 303 g/mol. The predicted molar refractivity (Wildman–Crippen MR) is 88.1 cm³/mol. The van der Waals surface area contributed by atoms with Gasteiger partial charge in [0.2, 0.25) is 5.91 Å². The van der Waals surface area contributed by atoms with Gasteiger partial charge in [-0.3, -0.25) is 4.79 Å². The number of anilines is 1. The van der Waals surface area contributed by atoms with E-state index in [1.54, 1.807) is 9.80 Å². The third-order valence-corrected chi connectivity index (χ3v) is 4.31. The first kappa shape index (κ1) is 16.3. The van der Waals surface area contributed by atoms with Crippen molar-refractivity contribution in [3.8, 4) is 0 Å². The van der Waals surface area contributed by atoms with E-state index < -0.39 is 0 Å². The summed E-state index contributed by atoms with van der Waals surface area (Å²) < 4.78 is 0. The summed E-state index contributed by atoms with van der Waals surface area (Å²) in [5.74, 6) is 0.0631. The molecule has 1 N–H and O–H groups in total. The fraction of sp³-hybridized carbons (Fsp3) is 0.529. The quantitative estimate of drug-likeness (QED) is 0.929. The summed E-state index contributed by atoms with van der Waals surface area (Å²) in [7, 11) is 0. The lowest BCUT2D eigenvalue weighted by atomic mass is 10.1. The van der Waals surface area contributed by atoms with E-state index in [9.17, 15) is 9.59 Å². The number of carbonyl (C=O) groups excluding carboxylic acids is 2. The topological polar surface area (TPSA) is 52.7 Å². The molecule has 120 valence electrons. The van der Waals surface area contributed by atoms with Crippen molar-refractivity contribution in [2.75, 3.05) is 24.5 Å². The molecule has 0 unspecified atom stereocenters. The molecule has 0 aliphatic carbocycles. The molecule has 0 bridgehead atoms. The molecule has 1 fully saturated rings. The SMILES string of the molecule is CCN(CC)C(=O)N[C@H]1CC(=O)N(c2ccc(C)c(C)c2)C1. The van der Waals surface area contributed by atoms with Crippen molar-refractivity contribution in [3.63, 3.8) is 0 Å². The van der Waals surface area contributed by atoms with Crippen molar-refractivity contribution in [1.29, 1.82) is 0 Å². The highest BCUT2D eigenvalue weighted by Crippen LogP contribution is 2.24. The summed E-state index contributed by atoms with van der Waals surface area (Å²) in [6.45, 7) is 9.87. The van der Waals surface area contributed by atoms with Gasteiger partial charge in [-0.15, -0.1) is 0 Å². The van der Waals surface area contributed by atoms with Crippen molar-refractivity contribution in [3.05, 3.63) is 29.3 Å². The number of urea groups is 1. The summed E-state index contributed by atoms with van der Waals surface area (Å²) in [6.07, 6.45) is 0.361. The van der Waals surface area contributed by atoms with Gasteiger partial charge in [-0.05, 0) is 51.0 Å². The van der Waals surface area contributed by atoms with E-state index in [0.717, 1.165) is 5.69 Å². The number of amides is 3. The van der Waals surface area contributed by atoms with E-state index in [0.29, 0.717) is 26.1 Å². The first-order valence-electron chi connectivity index (χ1n) is 7.89. The number of nitrogens with zero attached hydrogens (tertiary/aromatic N) is 2. The molecule has 1 saturated heterocycles. The Labute approximate surface area is 132 Å². The van der Waals surface area contributed by atoms with Crippen LogP contribution in [0.2, 0.25) is 0 Å². The van der Waals surface area contributed by atoms with Gasteiger partial charge in [-0.25, -0.2) is 4.79 Å². The zero-order chi connectivity index (χ0) is 16.3. The average Bonchev–Trinajstić information content (AvgIpc) is 2.84. The van der Waals surface area contributed by atoms with Crippen molar-refractivity contribution in [1.82, 2.24) is 10.2 Å². The van der Waals surface area contributed by atoms with Crippen LogP contribution in [0, 0.1) is 13.8 Å². The van der Waals surface area contributed by atoms with Crippen LogP contribution in [0.3, 0.4) is 0 Å². The fourth-order valence-corrected chi connectivity index (χ4v) is 2.72. The molecule has 1 aromatic carbocycles. The zero-order valence-corrected chi connectivity index (χ0v) is 13.8. The van der Waals surface area contributed by atoms with Gasteiger partial charge in [0.05, 0.1) is 6.04 Å². The van der Waals surface area contributed by atoms with Crippen LogP contribution < -0.4 is 10.2 Å². The maximum absolute atomic E-state index is 12.2. The van der Waals surface area contributed by atoms with Crippen molar-refractivity contribution >= 4 is 17.6 Å². The highest BCUT2D eigenvalue weighted by atomic mass is 16.2. The van der Waals surface area contributed by atoms with E-state index in [-0.39, 0.29) is 18.0 Å². The van der Waals surface area contributed by atoms with E-state index >= 15 is 0 Å². The molecule has 5 heteroatoms. The first-order valence-corrected chi connectivity index (χ1v) is 7.89. The fourth-order valence-electron chi connectivity index (χ4n) is 2.72. The third kappa shape index (κ3) is 3.40. The Morgan fingerprint density at radius 1 is 1.27 bits per heavy atom. The Morgan fingerprint density at radius 3 is 2.55 bits per heavy atom. The smallest absolute Gasteiger partial charge is 0.317 e. The number of aryl methyl sites for hydroxylation is 2. The van der Waals surface area contributed by atoms with Gasteiger partial charge < -0.3 is 15.1 Å². The number of hydrogen-bond acceptors (Lipinski definition) is 2. The molecule has 1 heterocycles. The maximum atomic E-state index is 12.2. The van der Waals surface area contributed by atoms with Crippen LogP contribution in [0.5, 0.6) is 0 Å². The maximum Gasteiger partial charge on any atom is 0.317 e. The Balaban J connectivity index is 2.04. The Hall–Kier alpha value is -2.04. The molecule has 5 nitrogen and oxygen atoms in total. The summed E-state index contributed by atoms with van der Waals surface area (Å²) in [4.78, 5) is 27.8. The highest BCUT2D eigenvalue weighted by Gasteiger charge is 2.32. The van der Waals surface area contributed by atoms with E-state index in [1.165, 1.54) is 11.1 Å². The first-order chi connectivity index (χ1) is 10.5. The van der Waals surface area contributed by atoms with Gasteiger partial charge in [-0.1, -0.05) is 6.07 Å². The molecule has 1 aliphatic rings. The largest absolute Gasteiger partial charge is 0.333 e. The highest BCUT2D eigenvalue weighted by molar-refractivity contribution is 5.96. The normalized spacial score (nSPS) is 17.7. The molecule has 1 aromatic rings. The predicted octanol–water partition coefficient (Wildman–Crippen LogP) is 2.46. The molecule has 0 radical (unpaired) electrons. The molecule has 1 atom stereocenters. The summed E-state index contributed by atoms with van der Waals surface area (Å²) in [5, 5.41) is 2.96. The second-order valence-corrected chi connectivity index (χ2v) is 5.80. The van der Waals surface area contributed by atoms with Crippen LogP contribution in [0.15, 0.2) is 18.2 Å². The van der Waals surface area contributed by atoms with Crippen LogP contribution in [0.25, 0.3) is 0 Å². The van der Waals surface area contributed by atoms with Gasteiger partial charge >= 0.3 is 6.03 Å². The van der Waals surface area contributed by atoms with Gasteiger partial charge in [0.15, 0.2) is 0 Å². The molecular formula is C17H25N3O2. The summed E-state index contributed by atoms with van der Waals surface area (Å²) in [6, 6.07) is 5.81. The van der Waals surface area contributed by atoms with Gasteiger partial charge in [0.25, 0.3) is 0 Å². The molecule has 3 amide bonds. The molecule has 0 aromatic heterocycles. The summed E-state index contributed by atoms with van der Waals surface area (Å²) >= 11 is 0. The van der Waals surface area contributed by atoms with Crippen molar-refractivity contribution < 1.29 is 9.59 Å². The van der Waals surface area contributed by atoms with Crippen LogP contribution in [0.4, 0.5) is 10.5 Å².